The Kier molecular flexibility index (Phi) is 5.22. The third kappa shape index (κ3) is 4.09. The van der Waals surface area contributed by atoms with Gasteiger partial charge in [-0.1, -0.05) is 35.9 Å². The van der Waals surface area contributed by atoms with E-state index in [1.807, 2.05) is 36.4 Å². The molecule has 0 fully saturated rings. The van der Waals surface area contributed by atoms with E-state index >= 15 is 0 Å². The number of hydrogen-bond donors (Lipinski definition) is 2. The van der Waals surface area contributed by atoms with E-state index < -0.39 is 0 Å². The molecule has 1 aromatic heterocycles. The molecule has 0 saturated carbocycles. The normalized spacial score (nSPS) is 15.4. The van der Waals surface area contributed by atoms with Gasteiger partial charge in [-0.25, -0.2) is 4.98 Å². The summed E-state index contributed by atoms with van der Waals surface area (Å²) in [6.45, 7) is 0.810. The van der Waals surface area contributed by atoms with Crippen LogP contribution in [0.4, 0.5) is 0 Å². The van der Waals surface area contributed by atoms with E-state index in [1.54, 1.807) is 30.0 Å². The lowest BCUT2D eigenvalue weighted by Crippen LogP contribution is -2.38. The first kappa shape index (κ1) is 19.0. The van der Waals surface area contributed by atoms with Crippen LogP contribution in [0.3, 0.4) is 0 Å². The van der Waals surface area contributed by atoms with Crippen LogP contribution >= 0.6 is 11.6 Å². The lowest BCUT2D eigenvalue weighted by Gasteiger charge is -2.25. The van der Waals surface area contributed by atoms with Crippen LogP contribution in [0.15, 0.2) is 54.7 Å². The predicted molar refractivity (Wildman–Crippen MR) is 108 cm³/mol. The van der Waals surface area contributed by atoms with Gasteiger partial charge in [-0.15, -0.1) is 0 Å². The highest BCUT2D eigenvalue weighted by Crippen LogP contribution is 2.23. The van der Waals surface area contributed by atoms with Gasteiger partial charge < -0.3 is 19.9 Å². The number of carbonyl (C=O) groups is 2. The van der Waals surface area contributed by atoms with E-state index in [1.165, 1.54) is 0 Å². The van der Waals surface area contributed by atoms with Crippen LogP contribution in [0.1, 0.15) is 38.3 Å². The first-order chi connectivity index (χ1) is 14.0. The van der Waals surface area contributed by atoms with Crippen LogP contribution in [0.5, 0.6) is 5.75 Å². The van der Waals surface area contributed by atoms with E-state index in [4.69, 9.17) is 16.3 Å². The Labute approximate surface area is 172 Å². The second-order valence-corrected chi connectivity index (χ2v) is 7.15. The topological polar surface area (TPSA) is 85.2 Å². The average Bonchev–Trinajstić information content (AvgIpc) is 3.17. The summed E-state index contributed by atoms with van der Waals surface area (Å²) in [6.07, 6.45) is 1.61. The molecular weight excluding hydrogens is 392 g/mol. The SMILES string of the molecule is COc1ccc(C2Cn3cc(C(=O)NCc4cccc(Cl)c4)nc3C(=O)N2)cc1. The van der Waals surface area contributed by atoms with Crippen molar-refractivity contribution in [1.29, 1.82) is 0 Å². The number of imidazole rings is 1. The fourth-order valence-electron chi connectivity index (χ4n) is 3.26. The maximum absolute atomic E-state index is 12.5. The molecule has 29 heavy (non-hydrogen) atoms. The van der Waals surface area contributed by atoms with Gasteiger partial charge in [-0.05, 0) is 35.4 Å². The number of halogens is 1. The van der Waals surface area contributed by atoms with Gasteiger partial charge in [0.1, 0.15) is 11.4 Å². The molecule has 0 saturated heterocycles. The Morgan fingerprint density at radius 2 is 2.10 bits per heavy atom. The van der Waals surface area contributed by atoms with E-state index in [2.05, 4.69) is 15.6 Å². The maximum atomic E-state index is 12.5. The Hall–Kier alpha value is -3.32. The van der Waals surface area contributed by atoms with Gasteiger partial charge in [0.25, 0.3) is 11.8 Å². The number of ether oxygens (including phenoxy) is 1. The molecule has 1 atom stereocenters. The van der Waals surface area contributed by atoms with E-state index in [0.29, 0.717) is 18.1 Å². The van der Waals surface area contributed by atoms with Crippen molar-refractivity contribution in [3.63, 3.8) is 0 Å². The highest BCUT2D eigenvalue weighted by atomic mass is 35.5. The number of benzene rings is 2. The Bertz CT molecular complexity index is 1060. The van der Waals surface area contributed by atoms with Crippen LogP contribution in [0.25, 0.3) is 0 Å². The highest BCUT2D eigenvalue weighted by molar-refractivity contribution is 6.30. The molecular formula is C21H19ClN4O3. The molecule has 2 N–H and O–H groups in total. The van der Waals surface area contributed by atoms with Crippen LogP contribution in [0, 0.1) is 0 Å². The minimum atomic E-state index is -0.347. The van der Waals surface area contributed by atoms with Crippen LogP contribution in [0.2, 0.25) is 5.02 Å². The summed E-state index contributed by atoms with van der Waals surface area (Å²) >= 11 is 5.96. The van der Waals surface area contributed by atoms with Crippen molar-refractivity contribution >= 4 is 23.4 Å². The summed E-state index contributed by atoms with van der Waals surface area (Å²) in [5.41, 5.74) is 2.03. The van der Waals surface area contributed by atoms with Gasteiger partial charge in [-0.2, -0.15) is 0 Å². The average molecular weight is 411 g/mol. The van der Waals surface area contributed by atoms with Gasteiger partial charge in [0, 0.05) is 24.3 Å². The Morgan fingerprint density at radius 1 is 1.31 bits per heavy atom. The summed E-state index contributed by atoms with van der Waals surface area (Å²) in [4.78, 5) is 29.2. The van der Waals surface area contributed by atoms with Crippen molar-refractivity contribution in [2.24, 2.45) is 0 Å². The molecule has 1 aliphatic heterocycles. The number of fused-ring (bicyclic) bond motifs is 1. The minimum Gasteiger partial charge on any atom is -0.497 e. The summed E-state index contributed by atoms with van der Waals surface area (Å²) in [6, 6.07) is 14.5. The second-order valence-electron chi connectivity index (χ2n) is 6.71. The molecule has 0 aliphatic carbocycles. The number of nitrogens with zero attached hydrogens (tertiary/aromatic N) is 2. The highest BCUT2D eigenvalue weighted by Gasteiger charge is 2.28. The van der Waals surface area contributed by atoms with Gasteiger partial charge in [-0.3, -0.25) is 9.59 Å². The monoisotopic (exact) mass is 410 g/mol. The summed E-state index contributed by atoms with van der Waals surface area (Å²) < 4.78 is 6.88. The van der Waals surface area contributed by atoms with Crippen molar-refractivity contribution < 1.29 is 14.3 Å². The van der Waals surface area contributed by atoms with Gasteiger partial charge in [0.2, 0.25) is 0 Å². The van der Waals surface area contributed by atoms with E-state index in [0.717, 1.165) is 16.9 Å². The Balaban J connectivity index is 1.47. The lowest BCUT2D eigenvalue weighted by atomic mass is 10.1. The molecule has 148 valence electrons. The first-order valence-electron chi connectivity index (χ1n) is 9.08. The molecule has 2 heterocycles. The minimum absolute atomic E-state index is 0.201. The number of nitrogens with one attached hydrogen (secondary N) is 2. The number of methoxy groups -OCH3 is 1. The zero-order chi connectivity index (χ0) is 20.4. The number of carbonyl (C=O) groups excluding carboxylic acids is 2. The van der Waals surface area contributed by atoms with E-state index in [-0.39, 0.29) is 29.4 Å². The third-order valence-corrected chi connectivity index (χ3v) is 4.99. The van der Waals surface area contributed by atoms with Crippen LogP contribution in [-0.2, 0) is 13.1 Å². The maximum Gasteiger partial charge on any atom is 0.287 e. The second kappa shape index (κ2) is 7.97. The fourth-order valence-corrected chi connectivity index (χ4v) is 3.47. The van der Waals surface area contributed by atoms with Crippen molar-refractivity contribution in [2.75, 3.05) is 7.11 Å². The quantitative estimate of drug-likeness (QED) is 0.677. The zero-order valence-corrected chi connectivity index (χ0v) is 16.4. The molecule has 0 spiro atoms. The zero-order valence-electron chi connectivity index (χ0n) is 15.7. The van der Waals surface area contributed by atoms with Crippen molar-refractivity contribution in [1.82, 2.24) is 20.2 Å². The molecule has 0 radical (unpaired) electrons. The molecule has 8 heteroatoms. The van der Waals surface area contributed by atoms with Crippen molar-refractivity contribution in [3.8, 4) is 5.75 Å². The number of hydrogen-bond acceptors (Lipinski definition) is 4. The van der Waals surface area contributed by atoms with Crippen molar-refractivity contribution in [2.45, 2.75) is 19.1 Å². The summed E-state index contributed by atoms with van der Waals surface area (Å²) in [7, 11) is 1.61. The largest absolute Gasteiger partial charge is 0.497 e. The molecule has 3 aromatic rings. The van der Waals surface area contributed by atoms with Gasteiger partial charge >= 0.3 is 0 Å². The molecule has 7 nitrogen and oxygen atoms in total. The van der Waals surface area contributed by atoms with Gasteiger partial charge in [0.05, 0.1) is 13.2 Å². The smallest absolute Gasteiger partial charge is 0.287 e. The predicted octanol–water partition coefficient (Wildman–Crippen LogP) is 2.96. The fraction of sp³-hybridized carbons (Fsp3) is 0.190. The number of aromatic nitrogens is 2. The van der Waals surface area contributed by atoms with Crippen LogP contribution < -0.4 is 15.4 Å². The van der Waals surface area contributed by atoms with Gasteiger partial charge in [0.15, 0.2) is 5.82 Å². The summed E-state index contributed by atoms with van der Waals surface area (Å²) in [5.74, 6) is 0.312. The summed E-state index contributed by atoms with van der Waals surface area (Å²) in [5, 5.41) is 6.34. The standard InChI is InChI=1S/C21H19ClN4O3/c1-29-16-7-5-14(6-8-16)17-11-26-12-18(24-19(26)21(28)25-17)20(27)23-10-13-3-2-4-15(22)9-13/h2-9,12,17H,10-11H2,1H3,(H,23,27)(H,25,28). The lowest BCUT2D eigenvalue weighted by molar-refractivity contribution is 0.0894. The number of amides is 2. The molecule has 0 bridgehead atoms. The molecule has 4 rings (SSSR count). The molecule has 2 aromatic carbocycles. The third-order valence-electron chi connectivity index (χ3n) is 4.76. The molecule has 1 aliphatic rings. The Morgan fingerprint density at radius 3 is 2.83 bits per heavy atom. The molecule has 1 unspecified atom stereocenters. The first-order valence-corrected chi connectivity index (χ1v) is 9.46. The van der Waals surface area contributed by atoms with Crippen LogP contribution in [-0.4, -0.2) is 28.5 Å². The van der Waals surface area contributed by atoms with E-state index in [9.17, 15) is 9.59 Å². The molecule has 2 amide bonds. The number of rotatable bonds is 5. The van der Waals surface area contributed by atoms with Crippen molar-refractivity contribution in [3.05, 3.63) is 82.4 Å².